The number of ether oxygens (including phenoxy) is 1. The molecule has 0 unspecified atom stereocenters. The predicted octanol–water partition coefficient (Wildman–Crippen LogP) is 2.81. The fraction of sp³-hybridized carbons (Fsp3) is 0.391. The molecule has 1 N–H and O–H groups in total. The third kappa shape index (κ3) is 4.44. The van der Waals surface area contributed by atoms with Gasteiger partial charge in [-0.15, -0.1) is 0 Å². The Kier molecular flexibility index (Phi) is 5.99. The highest BCUT2D eigenvalue weighted by Crippen LogP contribution is 2.25. The molecule has 3 heterocycles. The monoisotopic (exact) mass is 422 g/mol. The zero-order valence-corrected chi connectivity index (χ0v) is 17.8. The second-order valence-electron chi connectivity index (χ2n) is 8.16. The summed E-state index contributed by atoms with van der Waals surface area (Å²) < 4.78 is 5.35. The van der Waals surface area contributed by atoms with E-state index in [1.165, 1.54) is 11.0 Å². The van der Waals surface area contributed by atoms with Crippen molar-refractivity contribution in [2.45, 2.75) is 20.3 Å². The standard InChI is InChI=1S/C23H26N4O4/c1-15(2)7-8-27-22(29)18-5-3-16(13-19(18)23(27)30)21(28)25-17-4-6-20(24-14-17)26-9-11-31-12-10-26/h3-6,13-15H,7-12H2,1-2H3,(H,25,28). The first-order chi connectivity index (χ1) is 14.9. The van der Waals surface area contributed by atoms with Gasteiger partial charge in [0.15, 0.2) is 0 Å². The zero-order valence-electron chi connectivity index (χ0n) is 17.8. The van der Waals surface area contributed by atoms with Gasteiger partial charge in [-0.25, -0.2) is 4.98 Å². The van der Waals surface area contributed by atoms with Crippen LogP contribution in [0.2, 0.25) is 0 Å². The molecule has 0 saturated carbocycles. The summed E-state index contributed by atoms with van der Waals surface area (Å²) in [6, 6.07) is 8.28. The highest BCUT2D eigenvalue weighted by atomic mass is 16.5. The van der Waals surface area contributed by atoms with E-state index in [0.717, 1.165) is 25.3 Å². The highest BCUT2D eigenvalue weighted by molar-refractivity contribution is 6.22. The SMILES string of the molecule is CC(C)CCN1C(=O)c2ccc(C(=O)Nc3ccc(N4CCOCC4)nc3)cc2C1=O. The average molecular weight is 422 g/mol. The van der Waals surface area contributed by atoms with E-state index < -0.39 is 0 Å². The molecule has 8 heteroatoms. The van der Waals surface area contributed by atoms with Gasteiger partial charge in [-0.1, -0.05) is 13.8 Å². The first-order valence-electron chi connectivity index (χ1n) is 10.5. The Morgan fingerprint density at radius 1 is 1.10 bits per heavy atom. The van der Waals surface area contributed by atoms with E-state index in [0.29, 0.717) is 42.5 Å². The summed E-state index contributed by atoms with van der Waals surface area (Å²) >= 11 is 0. The van der Waals surface area contributed by atoms with Gasteiger partial charge in [0, 0.05) is 25.2 Å². The first-order valence-corrected chi connectivity index (χ1v) is 10.5. The van der Waals surface area contributed by atoms with Crippen LogP contribution in [0.5, 0.6) is 0 Å². The van der Waals surface area contributed by atoms with Gasteiger partial charge in [0.1, 0.15) is 5.82 Å². The van der Waals surface area contributed by atoms with Gasteiger partial charge in [-0.3, -0.25) is 19.3 Å². The topological polar surface area (TPSA) is 91.8 Å². The van der Waals surface area contributed by atoms with Crippen molar-refractivity contribution >= 4 is 29.2 Å². The molecule has 1 aromatic heterocycles. The normalized spacial score (nSPS) is 16.1. The van der Waals surface area contributed by atoms with Crippen LogP contribution in [0.15, 0.2) is 36.5 Å². The summed E-state index contributed by atoms with van der Waals surface area (Å²) in [5, 5.41) is 2.80. The Morgan fingerprint density at radius 3 is 2.52 bits per heavy atom. The van der Waals surface area contributed by atoms with Crippen LogP contribution in [0.3, 0.4) is 0 Å². The number of aromatic nitrogens is 1. The second kappa shape index (κ2) is 8.85. The van der Waals surface area contributed by atoms with Crippen molar-refractivity contribution in [3.63, 3.8) is 0 Å². The van der Waals surface area contributed by atoms with Crippen molar-refractivity contribution in [1.82, 2.24) is 9.88 Å². The third-order valence-electron chi connectivity index (χ3n) is 5.50. The summed E-state index contributed by atoms with van der Waals surface area (Å²) in [4.78, 5) is 45.8. The fourth-order valence-electron chi connectivity index (χ4n) is 3.67. The molecule has 2 aliphatic rings. The Balaban J connectivity index is 1.44. The van der Waals surface area contributed by atoms with E-state index in [1.54, 1.807) is 24.4 Å². The number of hydrogen-bond acceptors (Lipinski definition) is 6. The maximum atomic E-state index is 12.7. The molecule has 1 saturated heterocycles. The number of nitrogens with zero attached hydrogens (tertiary/aromatic N) is 3. The van der Waals surface area contributed by atoms with Crippen molar-refractivity contribution in [2.24, 2.45) is 5.92 Å². The van der Waals surface area contributed by atoms with Gasteiger partial charge in [-0.05, 0) is 42.7 Å². The maximum Gasteiger partial charge on any atom is 0.261 e. The lowest BCUT2D eigenvalue weighted by Gasteiger charge is -2.27. The van der Waals surface area contributed by atoms with Crippen LogP contribution >= 0.6 is 0 Å². The number of imide groups is 1. The lowest BCUT2D eigenvalue weighted by atomic mass is 10.1. The molecular weight excluding hydrogens is 396 g/mol. The van der Waals surface area contributed by atoms with E-state index in [4.69, 9.17) is 4.74 Å². The predicted molar refractivity (Wildman–Crippen MR) is 116 cm³/mol. The number of carbonyl (C=O) groups is 3. The number of rotatable bonds is 6. The fourth-order valence-corrected chi connectivity index (χ4v) is 3.67. The molecule has 1 fully saturated rings. The lowest BCUT2D eigenvalue weighted by Crippen LogP contribution is -2.36. The number of anilines is 2. The molecule has 3 amide bonds. The Bertz CT molecular complexity index is 997. The molecule has 0 aliphatic carbocycles. The van der Waals surface area contributed by atoms with Crippen LogP contribution in [-0.2, 0) is 4.74 Å². The number of carbonyl (C=O) groups excluding carboxylic acids is 3. The quantitative estimate of drug-likeness (QED) is 0.720. The van der Waals surface area contributed by atoms with Gasteiger partial charge in [0.2, 0.25) is 0 Å². The van der Waals surface area contributed by atoms with Crippen molar-refractivity contribution in [2.75, 3.05) is 43.1 Å². The molecular formula is C23H26N4O4. The van der Waals surface area contributed by atoms with E-state index >= 15 is 0 Å². The molecule has 0 spiro atoms. The smallest absolute Gasteiger partial charge is 0.261 e. The van der Waals surface area contributed by atoms with Crippen molar-refractivity contribution in [3.05, 3.63) is 53.2 Å². The number of morpholine rings is 1. The second-order valence-corrected chi connectivity index (χ2v) is 8.16. The van der Waals surface area contributed by atoms with Crippen LogP contribution in [-0.4, -0.2) is 60.5 Å². The summed E-state index contributed by atoms with van der Waals surface area (Å²) in [6.07, 6.45) is 2.35. The van der Waals surface area contributed by atoms with E-state index in [1.807, 2.05) is 19.9 Å². The van der Waals surface area contributed by atoms with Crippen LogP contribution in [0.25, 0.3) is 0 Å². The van der Waals surface area contributed by atoms with Crippen LogP contribution in [0, 0.1) is 5.92 Å². The Hall–Kier alpha value is -3.26. The molecule has 31 heavy (non-hydrogen) atoms. The van der Waals surface area contributed by atoms with Crippen molar-refractivity contribution < 1.29 is 19.1 Å². The number of benzene rings is 1. The minimum absolute atomic E-state index is 0.280. The largest absolute Gasteiger partial charge is 0.378 e. The molecule has 0 atom stereocenters. The molecule has 2 aliphatic heterocycles. The van der Waals surface area contributed by atoms with Gasteiger partial charge in [-0.2, -0.15) is 0 Å². The molecule has 4 rings (SSSR count). The van der Waals surface area contributed by atoms with E-state index in [9.17, 15) is 14.4 Å². The molecule has 0 radical (unpaired) electrons. The van der Waals surface area contributed by atoms with E-state index in [2.05, 4.69) is 15.2 Å². The lowest BCUT2D eigenvalue weighted by molar-refractivity contribution is 0.0647. The number of pyridine rings is 1. The average Bonchev–Trinajstić information content (AvgIpc) is 3.02. The van der Waals surface area contributed by atoms with Gasteiger partial charge in [0.25, 0.3) is 17.7 Å². The number of fused-ring (bicyclic) bond motifs is 1. The van der Waals surface area contributed by atoms with Gasteiger partial charge in [0.05, 0.1) is 36.2 Å². The number of hydrogen-bond donors (Lipinski definition) is 1. The van der Waals surface area contributed by atoms with Crippen LogP contribution in [0.1, 0.15) is 51.3 Å². The maximum absolute atomic E-state index is 12.7. The Labute approximate surface area is 181 Å². The summed E-state index contributed by atoms with van der Waals surface area (Å²) in [5.74, 6) is 0.227. The molecule has 2 aromatic rings. The number of nitrogens with one attached hydrogen (secondary N) is 1. The van der Waals surface area contributed by atoms with E-state index in [-0.39, 0.29) is 23.3 Å². The summed E-state index contributed by atoms with van der Waals surface area (Å²) in [7, 11) is 0. The molecule has 8 nitrogen and oxygen atoms in total. The Morgan fingerprint density at radius 2 is 1.84 bits per heavy atom. The minimum atomic E-state index is -0.357. The van der Waals surface area contributed by atoms with Crippen LogP contribution < -0.4 is 10.2 Å². The van der Waals surface area contributed by atoms with Gasteiger partial charge < -0.3 is 15.0 Å². The zero-order chi connectivity index (χ0) is 22.0. The summed E-state index contributed by atoms with van der Waals surface area (Å²) in [5.41, 5.74) is 1.51. The minimum Gasteiger partial charge on any atom is -0.378 e. The highest BCUT2D eigenvalue weighted by Gasteiger charge is 2.35. The molecule has 1 aromatic carbocycles. The van der Waals surface area contributed by atoms with Crippen molar-refractivity contribution in [1.29, 1.82) is 0 Å². The third-order valence-corrected chi connectivity index (χ3v) is 5.50. The molecule has 0 bridgehead atoms. The van der Waals surface area contributed by atoms with Crippen LogP contribution in [0.4, 0.5) is 11.5 Å². The molecule has 162 valence electrons. The summed E-state index contributed by atoms with van der Waals surface area (Å²) in [6.45, 7) is 7.39. The van der Waals surface area contributed by atoms with Gasteiger partial charge >= 0.3 is 0 Å². The first kappa shape index (κ1) is 21.0. The van der Waals surface area contributed by atoms with Crippen molar-refractivity contribution in [3.8, 4) is 0 Å². The number of amides is 3.